The van der Waals surface area contributed by atoms with Gasteiger partial charge in [-0.1, -0.05) is 24.3 Å². The Labute approximate surface area is 111 Å². The molecule has 0 spiro atoms. The number of ether oxygens (including phenoxy) is 2. The third-order valence-corrected chi connectivity index (χ3v) is 2.70. The van der Waals surface area contributed by atoms with Crippen molar-refractivity contribution in [1.29, 1.82) is 0 Å². The molecule has 2 rings (SSSR count). The van der Waals surface area contributed by atoms with Gasteiger partial charge >= 0.3 is 0 Å². The number of aliphatic hydroxyl groups is 1. The highest BCUT2D eigenvalue weighted by Crippen LogP contribution is 2.25. The molecular formula is C15H15FO3. The Morgan fingerprint density at radius 2 is 1.95 bits per heavy atom. The Morgan fingerprint density at radius 3 is 2.68 bits per heavy atom. The second kappa shape index (κ2) is 6.20. The molecule has 0 radical (unpaired) electrons. The number of halogens is 1. The number of para-hydroxylation sites is 1. The van der Waals surface area contributed by atoms with Crippen molar-refractivity contribution in [2.75, 3.05) is 13.7 Å². The van der Waals surface area contributed by atoms with Crippen molar-refractivity contribution in [3.8, 4) is 11.5 Å². The van der Waals surface area contributed by atoms with Gasteiger partial charge in [0.1, 0.15) is 30.0 Å². The van der Waals surface area contributed by atoms with Crippen LogP contribution in [0.4, 0.5) is 4.39 Å². The molecule has 100 valence electrons. The first-order chi connectivity index (χ1) is 9.20. The van der Waals surface area contributed by atoms with Gasteiger partial charge in [-0.3, -0.25) is 0 Å². The molecule has 1 N–H and O–H groups in total. The zero-order valence-corrected chi connectivity index (χ0v) is 10.5. The monoisotopic (exact) mass is 262 g/mol. The van der Waals surface area contributed by atoms with Crippen LogP contribution in [0.3, 0.4) is 0 Å². The Kier molecular flexibility index (Phi) is 4.36. The molecule has 0 fully saturated rings. The number of hydrogen-bond acceptors (Lipinski definition) is 3. The Hall–Kier alpha value is -2.07. The molecule has 0 aliphatic carbocycles. The molecule has 0 amide bonds. The van der Waals surface area contributed by atoms with Gasteiger partial charge < -0.3 is 14.6 Å². The molecule has 0 aliphatic rings. The van der Waals surface area contributed by atoms with Crippen molar-refractivity contribution in [3.05, 3.63) is 59.9 Å². The first-order valence-electron chi connectivity index (χ1n) is 5.90. The van der Waals surface area contributed by atoms with Gasteiger partial charge in [0.25, 0.3) is 0 Å². The predicted octanol–water partition coefficient (Wildman–Crippen LogP) is 2.95. The molecule has 3 nitrogen and oxygen atoms in total. The Morgan fingerprint density at radius 1 is 1.16 bits per heavy atom. The molecule has 2 aromatic rings. The molecule has 0 saturated heterocycles. The van der Waals surface area contributed by atoms with Gasteiger partial charge in [-0.15, -0.1) is 0 Å². The minimum Gasteiger partial charge on any atom is -0.496 e. The lowest BCUT2D eigenvalue weighted by Gasteiger charge is -2.15. The summed E-state index contributed by atoms with van der Waals surface area (Å²) in [5.41, 5.74) is 0.640. The van der Waals surface area contributed by atoms with E-state index >= 15 is 0 Å². The number of methoxy groups -OCH3 is 1. The van der Waals surface area contributed by atoms with Crippen LogP contribution in [0.1, 0.15) is 11.7 Å². The van der Waals surface area contributed by atoms with Crippen molar-refractivity contribution in [2.24, 2.45) is 0 Å². The number of benzene rings is 2. The van der Waals surface area contributed by atoms with E-state index in [0.29, 0.717) is 17.1 Å². The van der Waals surface area contributed by atoms with Gasteiger partial charge in [-0.05, 0) is 18.2 Å². The first kappa shape index (κ1) is 13.4. The minimum atomic E-state index is -0.834. The third kappa shape index (κ3) is 3.45. The normalized spacial score (nSPS) is 11.9. The zero-order valence-electron chi connectivity index (χ0n) is 10.5. The van der Waals surface area contributed by atoms with Crippen molar-refractivity contribution in [2.45, 2.75) is 6.10 Å². The van der Waals surface area contributed by atoms with E-state index in [9.17, 15) is 9.50 Å². The molecule has 1 atom stereocenters. The molecule has 0 saturated carbocycles. The highest BCUT2D eigenvalue weighted by atomic mass is 19.1. The fourth-order valence-corrected chi connectivity index (χ4v) is 1.76. The van der Waals surface area contributed by atoms with E-state index in [1.807, 2.05) is 12.1 Å². The number of hydrogen-bond donors (Lipinski definition) is 1. The van der Waals surface area contributed by atoms with E-state index in [4.69, 9.17) is 9.47 Å². The molecule has 0 aliphatic heterocycles. The van der Waals surface area contributed by atoms with E-state index in [1.54, 1.807) is 31.4 Å². The van der Waals surface area contributed by atoms with E-state index in [0.717, 1.165) is 0 Å². The Balaban J connectivity index is 2.03. The van der Waals surface area contributed by atoms with Crippen molar-refractivity contribution < 1.29 is 19.0 Å². The van der Waals surface area contributed by atoms with Crippen LogP contribution in [0.5, 0.6) is 11.5 Å². The highest BCUT2D eigenvalue weighted by Gasteiger charge is 2.13. The van der Waals surface area contributed by atoms with E-state index in [1.165, 1.54) is 12.1 Å². The summed E-state index contributed by atoms with van der Waals surface area (Å²) in [6.07, 6.45) is -0.834. The molecule has 1 unspecified atom stereocenters. The standard InChI is InChI=1S/C15H15FO3/c1-18-15-8-3-2-7-13(15)14(17)10-19-12-6-4-5-11(16)9-12/h2-9,14,17H,10H2,1H3. The minimum absolute atomic E-state index is 0.0316. The summed E-state index contributed by atoms with van der Waals surface area (Å²) >= 11 is 0. The molecule has 4 heteroatoms. The summed E-state index contributed by atoms with van der Waals surface area (Å²) in [5.74, 6) is 0.607. The van der Waals surface area contributed by atoms with Gasteiger partial charge in [0.15, 0.2) is 0 Å². The average molecular weight is 262 g/mol. The van der Waals surface area contributed by atoms with Crippen LogP contribution in [0.2, 0.25) is 0 Å². The maximum Gasteiger partial charge on any atom is 0.126 e. The summed E-state index contributed by atoms with van der Waals surface area (Å²) in [4.78, 5) is 0. The SMILES string of the molecule is COc1ccccc1C(O)COc1cccc(F)c1. The number of rotatable bonds is 5. The zero-order chi connectivity index (χ0) is 13.7. The molecule has 2 aromatic carbocycles. The van der Waals surface area contributed by atoms with Gasteiger partial charge in [-0.25, -0.2) is 4.39 Å². The maximum absolute atomic E-state index is 13.0. The second-order valence-corrected chi connectivity index (χ2v) is 4.03. The summed E-state index contributed by atoms with van der Waals surface area (Å²) in [5, 5.41) is 10.1. The van der Waals surface area contributed by atoms with Crippen LogP contribution in [0.25, 0.3) is 0 Å². The van der Waals surface area contributed by atoms with Crippen LogP contribution in [-0.4, -0.2) is 18.8 Å². The molecule has 0 aromatic heterocycles. The average Bonchev–Trinajstić information content (AvgIpc) is 2.45. The van der Waals surface area contributed by atoms with Crippen LogP contribution in [-0.2, 0) is 0 Å². The second-order valence-electron chi connectivity index (χ2n) is 4.03. The van der Waals surface area contributed by atoms with Crippen LogP contribution < -0.4 is 9.47 Å². The van der Waals surface area contributed by atoms with Crippen molar-refractivity contribution >= 4 is 0 Å². The van der Waals surface area contributed by atoms with Crippen LogP contribution >= 0.6 is 0 Å². The number of aliphatic hydroxyl groups excluding tert-OH is 1. The molecule has 0 heterocycles. The summed E-state index contributed by atoms with van der Waals surface area (Å²) in [6.45, 7) is 0.0316. The van der Waals surface area contributed by atoms with Crippen LogP contribution in [0, 0.1) is 5.82 Å². The molecule has 19 heavy (non-hydrogen) atoms. The van der Waals surface area contributed by atoms with Gasteiger partial charge in [0.05, 0.1) is 7.11 Å². The van der Waals surface area contributed by atoms with Crippen molar-refractivity contribution in [1.82, 2.24) is 0 Å². The van der Waals surface area contributed by atoms with Gasteiger partial charge in [-0.2, -0.15) is 0 Å². The smallest absolute Gasteiger partial charge is 0.126 e. The lowest BCUT2D eigenvalue weighted by atomic mass is 10.1. The maximum atomic E-state index is 13.0. The van der Waals surface area contributed by atoms with E-state index in [2.05, 4.69) is 0 Å². The first-order valence-corrected chi connectivity index (χ1v) is 5.90. The fourth-order valence-electron chi connectivity index (χ4n) is 1.76. The van der Waals surface area contributed by atoms with E-state index < -0.39 is 6.10 Å². The van der Waals surface area contributed by atoms with Crippen LogP contribution in [0.15, 0.2) is 48.5 Å². The van der Waals surface area contributed by atoms with E-state index in [-0.39, 0.29) is 12.4 Å². The quantitative estimate of drug-likeness (QED) is 0.900. The molecular weight excluding hydrogens is 247 g/mol. The topological polar surface area (TPSA) is 38.7 Å². The van der Waals surface area contributed by atoms with Crippen molar-refractivity contribution in [3.63, 3.8) is 0 Å². The largest absolute Gasteiger partial charge is 0.496 e. The Bertz CT molecular complexity index is 542. The van der Waals surface area contributed by atoms with Gasteiger partial charge in [0, 0.05) is 11.6 Å². The predicted molar refractivity (Wildman–Crippen MR) is 69.8 cm³/mol. The highest BCUT2D eigenvalue weighted by molar-refractivity contribution is 5.35. The fraction of sp³-hybridized carbons (Fsp3) is 0.200. The lowest BCUT2D eigenvalue weighted by Crippen LogP contribution is -2.10. The third-order valence-electron chi connectivity index (χ3n) is 2.70. The molecule has 0 bridgehead atoms. The summed E-state index contributed by atoms with van der Waals surface area (Å²) in [7, 11) is 1.54. The van der Waals surface area contributed by atoms with Gasteiger partial charge in [0.2, 0.25) is 0 Å². The summed E-state index contributed by atoms with van der Waals surface area (Å²) in [6, 6.07) is 13.0. The summed E-state index contributed by atoms with van der Waals surface area (Å²) < 4.78 is 23.5. The lowest BCUT2D eigenvalue weighted by molar-refractivity contribution is 0.105.